The van der Waals surface area contributed by atoms with Gasteiger partial charge < -0.3 is 19.3 Å². The van der Waals surface area contributed by atoms with E-state index in [1.54, 1.807) is 7.11 Å². The van der Waals surface area contributed by atoms with Gasteiger partial charge >= 0.3 is 0 Å². The molecule has 208 valence electrons. The van der Waals surface area contributed by atoms with Crippen LogP contribution in [0.3, 0.4) is 0 Å². The minimum atomic E-state index is 0.641. The number of fused-ring (bicyclic) bond motifs is 1. The predicted octanol–water partition coefficient (Wildman–Crippen LogP) is 4.28. The fourth-order valence-electron chi connectivity index (χ4n) is 5.19. The molecule has 2 aromatic carbocycles. The Balaban J connectivity index is 0.000000333. The first-order chi connectivity index (χ1) is 18.7. The molecule has 1 saturated heterocycles. The zero-order chi connectivity index (χ0) is 28.1. The number of nitrogens with zero attached hydrogens (tertiary/aromatic N) is 5. The number of hydrogen-bond acceptors (Lipinski definition) is 7. The van der Waals surface area contributed by atoms with Gasteiger partial charge in [0.25, 0.3) is 0 Å². The van der Waals surface area contributed by atoms with E-state index in [9.17, 15) is 0 Å². The molecule has 0 saturated carbocycles. The normalized spacial score (nSPS) is 14.8. The van der Waals surface area contributed by atoms with E-state index in [1.807, 2.05) is 24.3 Å². The van der Waals surface area contributed by atoms with Crippen LogP contribution in [0.1, 0.15) is 44.5 Å². The molecule has 39 heavy (non-hydrogen) atoms. The lowest BCUT2D eigenvalue weighted by Gasteiger charge is -2.35. The topological polar surface area (TPSA) is 54.0 Å². The molecule has 2 aliphatic rings. The highest BCUT2D eigenvalue weighted by atomic mass is 16.5. The van der Waals surface area contributed by atoms with Gasteiger partial charge in [0, 0.05) is 50.2 Å². The molecule has 0 radical (unpaired) electrons. The van der Waals surface area contributed by atoms with Crippen LogP contribution in [0.5, 0.6) is 11.5 Å². The summed E-state index contributed by atoms with van der Waals surface area (Å²) in [4.78, 5) is 7.08. The summed E-state index contributed by atoms with van der Waals surface area (Å²) in [5.74, 6) is 2.94. The number of methoxy groups -OCH3 is 1. The molecule has 3 heterocycles. The molecule has 1 aromatic heterocycles. The fourth-order valence-corrected chi connectivity index (χ4v) is 5.19. The predicted molar refractivity (Wildman–Crippen MR) is 161 cm³/mol. The second-order valence-electron chi connectivity index (χ2n) is 10.9. The summed E-state index contributed by atoms with van der Waals surface area (Å²) in [6.07, 6.45) is 0. The Morgan fingerprint density at radius 2 is 1.54 bits per heavy atom. The molecule has 0 unspecified atom stereocenters. The van der Waals surface area contributed by atoms with Crippen molar-refractivity contribution >= 4 is 22.7 Å². The molecule has 2 aliphatic heterocycles. The maximum Gasteiger partial charge on any atom is 0.161 e. The zero-order valence-corrected chi connectivity index (χ0v) is 24.8. The standard InChI is InChI=1S/C24H33N5O.C8H10O/c1-16(2)22-18(5)25-26-24(23(22)17(3)4)29-11-9-28(10-12-29)14-19-7-8-21-20(13-19)27(6)15-30-21;1-7-3-5-8(9-2)6-4-7/h7-8,13H,9-12,14-15H2,1-6H3;3-6H,1-2H3. The second kappa shape index (κ2) is 12.5. The Morgan fingerprint density at radius 3 is 2.15 bits per heavy atom. The molecule has 7 heteroatoms. The lowest BCUT2D eigenvalue weighted by molar-refractivity contribution is 0.249. The van der Waals surface area contributed by atoms with Crippen LogP contribution in [0, 0.1) is 13.8 Å². The smallest absolute Gasteiger partial charge is 0.161 e. The maximum absolute atomic E-state index is 5.67. The summed E-state index contributed by atoms with van der Waals surface area (Å²) >= 11 is 0. The lowest BCUT2D eigenvalue weighted by atomic mass is 10.1. The number of ether oxygens (including phenoxy) is 2. The summed E-state index contributed by atoms with van der Waals surface area (Å²) < 4.78 is 10.6. The van der Waals surface area contributed by atoms with Gasteiger partial charge in [-0.2, -0.15) is 5.10 Å². The van der Waals surface area contributed by atoms with Crippen LogP contribution in [0.2, 0.25) is 0 Å². The minimum absolute atomic E-state index is 0.641. The first-order valence-electron chi connectivity index (χ1n) is 13.7. The van der Waals surface area contributed by atoms with Crippen molar-refractivity contribution in [1.82, 2.24) is 15.1 Å². The van der Waals surface area contributed by atoms with Crippen molar-refractivity contribution in [2.45, 2.75) is 48.1 Å². The third-order valence-corrected chi connectivity index (χ3v) is 7.31. The lowest BCUT2D eigenvalue weighted by Crippen LogP contribution is -2.49. The Hall–Kier alpha value is -3.58. The molecular weight excluding hydrogens is 486 g/mol. The molecule has 0 N–H and O–H groups in total. The molecule has 0 aliphatic carbocycles. The molecule has 0 spiro atoms. The molecule has 3 aromatic rings. The maximum atomic E-state index is 5.67. The van der Waals surface area contributed by atoms with Crippen LogP contribution in [-0.4, -0.2) is 62.2 Å². The van der Waals surface area contributed by atoms with Crippen LogP contribution in [0.4, 0.5) is 11.5 Å². The number of aryl methyl sites for hydroxylation is 2. The number of anilines is 2. The van der Waals surface area contributed by atoms with Gasteiger partial charge in [0.2, 0.25) is 0 Å². The Bertz CT molecular complexity index is 1400. The number of hydrogen-bond donors (Lipinski definition) is 0. The number of piperazine rings is 1. The van der Waals surface area contributed by atoms with Gasteiger partial charge in [0.15, 0.2) is 12.5 Å². The summed E-state index contributed by atoms with van der Waals surface area (Å²) in [5.41, 5.74) is 7.40. The summed E-state index contributed by atoms with van der Waals surface area (Å²) in [6, 6.07) is 14.5. The van der Waals surface area contributed by atoms with E-state index >= 15 is 0 Å². The van der Waals surface area contributed by atoms with Crippen molar-refractivity contribution in [3.05, 3.63) is 69.7 Å². The summed E-state index contributed by atoms with van der Waals surface area (Å²) in [7, 11) is 3.75. The fraction of sp³-hybridized carbons (Fsp3) is 0.438. The molecule has 7 nitrogen and oxygen atoms in total. The monoisotopic (exact) mass is 529 g/mol. The van der Waals surface area contributed by atoms with Gasteiger partial charge in [-0.25, -0.2) is 0 Å². The zero-order valence-electron chi connectivity index (χ0n) is 24.8. The van der Waals surface area contributed by atoms with Gasteiger partial charge in [-0.15, -0.1) is 5.10 Å². The minimum Gasteiger partial charge on any atom is -0.497 e. The third kappa shape index (κ3) is 6.71. The van der Waals surface area contributed by atoms with E-state index in [4.69, 9.17) is 9.47 Å². The Morgan fingerprint density at radius 1 is 0.872 bits per heavy atom. The van der Waals surface area contributed by atoms with Gasteiger partial charge in [-0.3, -0.25) is 4.90 Å². The number of rotatable bonds is 4. The van der Waals surface area contributed by atoms with Gasteiger partial charge in [0.05, 0.1) is 18.5 Å². The van der Waals surface area contributed by atoms with Crippen LogP contribution in [-0.2, 0) is 6.54 Å². The van der Waals surface area contributed by atoms with Crippen molar-refractivity contribution in [3.8, 4) is 11.5 Å². The number of benzene rings is 2. The van der Waals surface area contributed by atoms with E-state index in [0.29, 0.717) is 6.73 Å². The summed E-state index contributed by atoms with van der Waals surface area (Å²) in [6.45, 7) is 18.4. The SMILES string of the molecule is CC(C)=c1c(C)nnc(N2CCN(Cc3ccc4c(c3)N(C)CO4)CC2)c1=C(C)C.COc1ccc(C)cc1. The van der Waals surface area contributed by atoms with E-state index in [0.717, 1.165) is 55.7 Å². The van der Waals surface area contributed by atoms with Crippen molar-refractivity contribution in [1.29, 1.82) is 0 Å². The van der Waals surface area contributed by atoms with Gasteiger partial charge in [0.1, 0.15) is 11.5 Å². The molecule has 0 bridgehead atoms. The van der Waals surface area contributed by atoms with Crippen molar-refractivity contribution in [2.24, 2.45) is 0 Å². The summed E-state index contributed by atoms with van der Waals surface area (Å²) in [5, 5.41) is 11.6. The van der Waals surface area contributed by atoms with Crippen molar-refractivity contribution in [3.63, 3.8) is 0 Å². The average Bonchev–Trinajstić information content (AvgIpc) is 3.29. The number of aromatic nitrogens is 2. The molecule has 0 atom stereocenters. The highest BCUT2D eigenvalue weighted by Gasteiger charge is 2.22. The van der Waals surface area contributed by atoms with E-state index in [-0.39, 0.29) is 0 Å². The third-order valence-electron chi connectivity index (χ3n) is 7.31. The highest BCUT2D eigenvalue weighted by molar-refractivity contribution is 5.62. The van der Waals surface area contributed by atoms with E-state index in [1.165, 1.54) is 38.4 Å². The quantitative estimate of drug-likeness (QED) is 0.500. The molecule has 0 amide bonds. The van der Waals surface area contributed by atoms with E-state index < -0.39 is 0 Å². The first kappa shape index (κ1) is 28.4. The largest absolute Gasteiger partial charge is 0.497 e. The molecule has 1 fully saturated rings. The van der Waals surface area contributed by atoms with Crippen molar-refractivity contribution < 1.29 is 9.47 Å². The van der Waals surface area contributed by atoms with Crippen molar-refractivity contribution in [2.75, 3.05) is 56.9 Å². The first-order valence-corrected chi connectivity index (χ1v) is 13.7. The van der Waals surface area contributed by atoms with Gasteiger partial charge in [-0.05, 0) is 71.4 Å². The van der Waals surface area contributed by atoms with Crippen LogP contribution in [0.15, 0.2) is 42.5 Å². The van der Waals surface area contributed by atoms with Crippen LogP contribution < -0.4 is 29.7 Å². The Kier molecular flexibility index (Phi) is 9.12. The van der Waals surface area contributed by atoms with Crippen LogP contribution in [0.25, 0.3) is 11.1 Å². The second-order valence-corrected chi connectivity index (χ2v) is 10.9. The molecular formula is C32H43N5O2. The van der Waals surface area contributed by atoms with Crippen LogP contribution >= 0.6 is 0 Å². The highest BCUT2D eigenvalue weighted by Crippen LogP contribution is 2.33. The average molecular weight is 530 g/mol. The van der Waals surface area contributed by atoms with E-state index in [2.05, 4.69) is 91.7 Å². The molecule has 5 rings (SSSR count). The Labute approximate surface area is 233 Å². The van der Waals surface area contributed by atoms with Gasteiger partial charge in [-0.1, -0.05) is 34.9 Å².